The Morgan fingerprint density at radius 1 is 1.05 bits per heavy atom. The zero-order valence-corrected chi connectivity index (χ0v) is 21.7. The minimum atomic E-state index is -0.308. The van der Waals surface area contributed by atoms with Gasteiger partial charge in [0.25, 0.3) is 11.8 Å². The number of nitrogens with two attached hydrogens (primary N) is 1. The first-order valence-electron chi connectivity index (χ1n) is 12.6. The largest absolute Gasteiger partial charge is 0.493 e. The number of amides is 2. The van der Waals surface area contributed by atoms with Crippen LogP contribution in [0.2, 0.25) is 0 Å². The second kappa shape index (κ2) is 11.0. The van der Waals surface area contributed by atoms with Gasteiger partial charge < -0.3 is 24.8 Å². The van der Waals surface area contributed by atoms with Crippen LogP contribution in [0.25, 0.3) is 0 Å². The summed E-state index contributed by atoms with van der Waals surface area (Å²) in [7, 11) is 4.48. The predicted octanol–water partition coefficient (Wildman–Crippen LogP) is 0.772. The van der Waals surface area contributed by atoms with E-state index in [1.54, 1.807) is 23.9 Å². The van der Waals surface area contributed by atoms with Gasteiger partial charge in [0.1, 0.15) is 0 Å². The van der Waals surface area contributed by atoms with E-state index >= 15 is 0 Å². The van der Waals surface area contributed by atoms with E-state index in [2.05, 4.69) is 45.3 Å². The van der Waals surface area contributed by atoms with E-state index in [1.165, 1.54) is 39.7 Å². The molecule has 0 spiro atoms. The molecular weight excluding hydrogens is 488 g/mol. The number of quaternary nitrogens is 1. The molecule has 1 atom stereocenters. The van der Waals surface area contributed by atoms with Crippen molar-refractivity contribution in [2.75, 3.05) is 41.0 Å². The van der Waals surface area contributed by atoms with E-state index in [0.717, 1.165) is 11.3 Å². The zero-order valence-electron chi connectivity index (χ0n) is 21.7. The van der Waals surface area contributed by atoms with Crippen LogP contribution in [0.4, 0.5) is 0 Å². The summed E-state index contributed by atoms with van der Waals surface area (Å²) in [5.74, 6) is 1.30. The van der Waals surface area contributed by atoms with Crippen molar-refractivity contribution in [3.8, 4) is 17.2 Å². The Labute approximate surface area is 221 Å². The molecule has 11 nitrogen and oxygen atoms in total. The highest BCUT2D eigenvalue weighted by molar-refractivity contribution is 6.05. The van der Waals surface area contributed by atoms with Crippen molar-refractivity contribution in [1.29, 1.82) is 0 Å². The van der Waals surface area contributed by atoms with Gasteiger partial charge in [0, 0.05) is 6.54 Å². The number of hydrogen-bond acceptors (Lipinski definition) is 8. The van der Waals surface area contributed by atoms with Gasteiger partial charge in [-0.05, 0) is 42.0 Å². The molecule has 2 aromatic rings. The van der Waals surface area contributed by atoms with Gasteiger partial charge in [0.15, 0.2) is 17.2 Å². The number of methoxy groups -OCH3 is 3. The van der Waals surface area contributed by atoms with Crippen LogP contribution >= 0.6 is 0 Å². The Balaban J connectivity index is 1.15. The molecule has 0 aromatic heterocycles. The number of hydrogen-bond donors (Lipinski definition) is 4. The standard InChI is InChI=1S/C27H32N6O5/c1-36-22-11-10-19(24(37-2)25(22)38-3)26(34)28-12-13-33-15-21(31-32-33)27(35)30-23(20-14-29-20)18-8-6-17(7-9-18)16-4-5-16/h6-11,15-16,23,31-32H,4-5,12-14H2,1-3H3,(H,28,34)(H,30,35)/p+1. The normalized spacial score (nSPS) is 16.6. The van der Waals surface area contributed by atoms with E-state index in [0.29, 0.717) is 54.1 Å². The number of benzene rings is 2. The van der Waals surface area contributed by atoms with E-state index in [1.807, 2.05) is 5.01 Å². The number of aliphatic imine (C=N–C) groups is 1. The van der Waals surface area contributed by atoms with Crippen molar-refractivity contribution in [3.63, 3.8) is 0 Å². The van der Waals surface area contributed by atoms with Crippen LogP contribution in [-0.4, -0.2) is 63.5 Å². The van der Waals surface area contributed by atoms with E-state index in [4.69, 9.17) is 14.2 Å². The van der Waals surface area contributed by atoms with Crippen LogP contribution in [-0.2, 0) is 4.79 Å². The zero-order chi connectivity index (χ0) is 26.6. The van der Waals surface area contributed by atoms with Gasteiger partial charge in [-0.2, -0.15) is 0 Å². The lowest BCUT2D eigenvalue weighted by Gasteiger charge is -2.16. The molecule has 0 bridgehead atoms. The summed E-state index contributed by atoms with van der Waals surface area (Å²) in [6.45, 7) is 1.47. The van der Waals surface area contributed by atoms with E-state index < -0.39 is 0 Å². The van der Waals surface area contributed by atoms with Gasteiger partial charge in [-0.1, -0.05) is 24.3 Å². The monoisotopic (exact) mass is 521 g/mol. The van der Waals surface area contributed by atoms with Crippen molar-refractivity contribution in [3.05, 3.63) is 65.0 Å². The third kappa shape index (κ3) is 5.52. The topological polar surface area (TPSA) is 130 Å². The minimum absolute atomic E-state index is 0.214. The third-order valence-corrected chi connectivity index (χ3v) is 6.80. The van der Waals surface area contributed by atoms with Crippen LogP contribution in [0.5, 0.6) is 17.2 Å². The average molecular weight is 522 g/mol. The number of nitrogens with zero attached hydrogens (tertiary/aromatic N) is 2. The highest BCUT2D eigenvalue weighted by atomic mass is 16.5. The molecule has 1 fully saturated rings. The molecule has 2 aromatic carbocycles. The number of ether oxygens (including phenoxy) is 3. The summed E-state index contributed by atoms with van der Waals surface area (Å²) >= 11 is 0. The summed E-state index contributed by atoms with van der Waals surface area (Å²) in [4.78, 5) is 30.1. The summed E-state index contributed by atoms with van der Waals surface area (Å²) in [5.41, 5.74) is 8.86. The first-order chi connectivity index (χ1) is 18.5. The van der Waals surface area contributed by atoms with Gasteiger partial charge >= 0.3 is 0 Å². The highest BCUT2D eigenvalue weighted by Crippen LogP contribution is 2.41. The molecule has 38 heavy (non-hydrogen) atoms. The van der Waals surface area contributed by atoms with Crippen LogP contribution in [0.1, 0.15) is 46.3 Å². The second-order valence-corrected chi connectivity index (χ2v) is 9.35. The fraction of sp³-hybridized carbons (Fsp3) is 0.370. The van der Waals surface area contributed by atoms with Gasteiger partial charge in [0.2, 0.25) is 5.75 Å². The number of rotatable bonds is 12. The molecule has 2 aliphatic heterocycles. The molecule has 3 aliphatic rings. The van der Waals surface area contributed by atoms with Crippen molar-refractivity contribution in [2.45, 2.75) is 24.8 Å². The van der Waals surface area contributed by atoms with Crippen molar-refractivity contribution in [1.82, 2.24) is 21.1 Å². The average Bonchev–Trinajstić information content (AvgIpc) is 3.89. The maximum atomic E-state index is 13.0. The van der Waals surface area contributed by atoms with Gasteiger partial charge in [-0.25, -0.2) is 10.4 Å². The minimum Gasteiger partial charge on any atom is -0.493 e. The van der Waals surface area contributed by atoms with E-state index in [-0.39, 0.29) is 17.9 Å². The lowest BCUT2D eigenvalue weighted by atomic mass is 10.0. The molecule has 2 heterocycles. The first kappa shape index (κ1) is 25.4. The molecule has 5 rings (SSSR count). The molecule has 2 amide bonds. The third-order valence-electron chi connectivity index (χ3n) is 6.80. The van der Waals surface area contributed by atoms with Crippen LogP contribution in [0, 0.1) is 0 Å². The maximum absolute atomic E-state index is 13.0. The maximum Gasteiger partial charge on any atom is 0.275 e. The van der Waals surface area contributed by atoms with Crippen molar-refractivity contribution >= 4 is 17.5 Å². The molecule has 0 saturated heterocycles. The Morgan fingerprint density at radius 3 is 2.42 bits per heavy atom. The Morgan fingerprint density at radius 2 is 1.79 bits per heavy atom. The fourth-order valence-electron chi connectivity index (χ4n) is 4.49. The predicted molar refractivity (Wildman–Crippen MR) is 140 cm³/mol. The summed E-state index contributed by atoms with van der Waals surface area (Å²) < 4.78 is 16.0. The second-order valence-electron chi connectivity index (χ2n) is 9.35. The lowest BCUT2D eigenvalue weighted by Crippen LogP contribution is -2.97. The molecule has 11 heteroatoms. The van der Waals surface area contributed by atoms with Gasteiger partial charge in [0.05, 0.1) is 57.9 Å². The van der Waals surface area contributed by atoms with Crippen LogP contribution in [0.3, 0.4) is 0 Å². The van der Waals surface area contributed by atoms with Crippen molar-refractivity contribution in [2.24, 2.45) is 4.99 Å². The quantitative estimate of drug-likeness (QED) is 0.304. The van der Waals surface area contributed by atoms with Crippen LogP contribution in [0.15, 0.2) is 53.3 Å². The Hall–Kier alpha value is -4.25. The van der Waals surface area contributed by atoms with E-state index in [9.17, 15) is 9.59 Å². The summed E-state index contributed by atoms with van der Waals surface area (Å²) in [6, 6.07) is 11.5. The summed E-state index contributed by atoms with van der Waals surface area (Å²) in [6.07, 6.45) is 4.24. The first-order valence-corrected chi connectivity index (χ1v) is 12.6. The molecular formula is C27H33N6O5+. The number of carbonyl (C=O) groups excluding carboxylic acids is 2. The Bertz CT molecular complexity index is 1270. The molecule has 200 valence electrons. The molecule has 0 radical (unpaired) electrons. The smallest absolute Gasteiger partial charge is 0.275 e. The van der Waals surface area contributed by atoms with Crippen molar-refractivity contribution < 1.29 is 29.3 Å². The highest BCUT2D eigenvalue weighted by Gasteiger charge is 2.30. The number of carbonyl (C=O) groups is 2. The molecule has 5 N–H and O–H groups in total. The van der Waals surface area contributed by atoms with Gasteiger partial charge in [-0.3, -0.25) is 14.6 Å². The van der Waals surface area contributed by atoms with Crippen LogP contribution < -0.4 is 35.8 Å². The number of nitrogens with one attached hydrogen (secondary N) is 3. The molecule has 1 saturated carbocycles. The fourth-order valence-corrected chi connectivity index (χ4v) is 4.49. The molecule has 1 aliphatic carbocycles. The molecule has 1 unspecified atom stereocenters. The lowest BCUT2D eigenvalue weighted by molar-refractivity contribution is -0.822. The summed E-state index contributed by atoms with van der Waals surface area (Å²) in [5, 5.41) is 7.79. The Kier molecular flexibility index (Phi) is 7.36. The SMILES string of the molecule is COc1ccc(C(=O)NCCN2C=C(C(=O)NC(C3=NC3)c3ccc(C4CC4)cc3)N[NH2+]2)c(OC)c1OC. The van der Waals surface area contributed by atoms with Gasteiger partial charge in [-0.15, -0.1) is 5.53 Å².